The number of hydrogen-bond donors (Lipinski definition) is 0. The largest absolute Gasteiger partial charge is 0.533 e. The van der Waals surface area contributed by atoms with Crippen LogP contribution in [0.15, 0.2) is 35.2 Å². The molecule has 2 amide bonds. The molecule has 0 unspecified atom stereocenters. The van der Waals surface area contributed by atoms with Gasteiger partial charge in [-0.15, -0.1) is 11.8 Å². The molecule has 6 nitrogen and oxygen atoms in total. The molecule has 0 aliphatic carbocycles. The van der Waals surface area contributed by atoms with Crippen LogP contribution in [-0.4, -0.2) is 35.4 Å². The predicted molar refractivity (Wildman–Crippen MR) is 70.7 cm³/mol. The fourth-order valence-electron chi connectivity index (χ4n) is 1.56. The molecule has 1 aliphatic rings. The lowest BCUT2D eigenvalue weighted by Gasteiger charge is -2.12. The molecule has 2 rings (SSSR count). The maximum atomic E-state index is 11.3. The molecular weight excluding hydrogens is 282 g/mol. The van der Waals surface area contributed by atoms with E-state index in [0.717, 1.165) is 4.90 Å². The summed E-state index contributed by atoms with van der Waals surface area (Å²) in [5.41, 5.74) is 0. The van der Waals surface area contributed by atoms with Crippen molar-refractivity contribution in [1.82, 2.24) is 5.06 Å². The Morgan fingerprint density at radius 1 is 1.15 bits per heavy atom. The summed E-state index contributed by atoms with van der Waals surface area (Å²) in [4.78, 5) is 39.3. The van der Waals surface area contributed by atoms with Crippen LogP contribution in [0.5, 0.6) is 0 Å². The minimum absolute atomic E-state index is 0.0654. The van der Waals surface area contributed by atoms with Crippen molar-refractivity contribution in [2.75, 3.05) is 12.4 Å². The average molecular weight is 295 g/mol. The summed E-state index contributed by atoms with van der Waals surface area (Å²) in [5, 5.41) is 0.465. The summed E-state index contributed by atoms with van der Waals surface area (Å²) in [6, 6.07) is 9.65. The van der Waals surface area contributed by atoms with Gasteiger partial charge in [-0.2, -0.15) is 0 Å². The van der Waals surface area contributed by atoms with Gasteiger partial charge in [0.15, 0.2) is 0 Å². The molecule has 0 radical (unpaired) electrons. The molecule has 1 fully saturated rings. The van der Waals surface area contributed by atoms with Gasteiger partial charge in [0.1, 0.15) is 6.61 Å². The number of hydroxylamine groups is 2. The topological polar surface area (TPSA) is 72.9 Å². The molecule has 0 aromatic heterocycles. The van der Waals surface area contributed by atoms with Crippen molar-refractivity contribution in [3.63, 3.8) is 0 Å². The summed E-state index contributed by atoms with van der Waals surface area (Å²) < 4.78 is 4.79. The zero-order chi connectivity index (χ0) is 14.4. The lowest BCUT2D eigenvalue weighted by molar-refractivity contribution is -0.176. The Kier molecular flexibility index (Phi) is 5.00. The maximum absolute atomic E-state index is 11.3. The Hall–Kier alpha value is -2.02. The molecule has 7 heteroatoms. The van der Waals surface area contributed by atoms with Crippen LogP contribution in [0.3, 0.4) is 0 Å². The molecule has 0 atom stereocenters. The highest BCUT2D eigenvalue weighted by Crippen LogP contribution is 2.17. The van der Waals surface area contributed by atoms with Gasteiger partial charge in [0, 0.05) is 23.5 Å². The van der Waals surface area contributed by atoms with Crippen molar-refractivity contribution < 1.29 is 24.0 Å². The number of ether oxygens (including phenoxy) is 1. The van der Waals surface area contributed by atoms with Gasteiger partial charge < -0.3 is 4.74 Å². The molecule has 106 valence electrons. The van der Waals surface area contributed by atoms with Crippen molar-refractivity contribution in [3.8, 4) is 0 Å². The van der Waals surface area contributed by atoms with Crippen LogP contribution in [-0.2, 0) is 19.2 Å². The first-order valence-corrected chi connectivity index (χ1v) is 7.04. The molecule has 0 bridgehead atoms. The van der Waals surface area contributed by atoms with E-state index in [4.69, 9.17) is 4.74 Å². The van der Waals surface area contributed by atoms with Gasteiger partial charge in [0.2, 0.25) is 0 Å². The molecule has 1 heterocycles. The number of amides is 2. The van der Waals surface area contributed by atoms with E-state index >= 15 is 0 Å². The highest BCUT2D eigenvalue weighted by atomic mass is 32.2. The van der Waals surface area contributed by atoms with Gasteiger partial charge in [-0.25, -0.2) is 4.79 Å². The summed E-state index contributed by atoms with van der Waals surface area (Å²) in [7, 11) is 0. The Morgan fingerprint density at radius 2 is 1.80 bits per heavy atom. The van der Waals surface area contributed by atoms with Crippen molar-refractivity contribution >= 4 is 29.7 Å². The van der Waals surface area contributed by atoms with Gasteiger partial charge in [-0.3, -0.25) is 14.4 Å². The smallest absolute Gasteiger partial charge is 0.432 e. The quantitative estimate of drug-likeness (QED) is 0.358. The van der Waals surface area contributed by atoms with E-state index in [9.17, 15) is 14.4 Å². The second-order valence-electron chi connectivity index (χ2n) is 3.93. The standard InChI is InChI=1S/C13H13NO5S/c15-11-6-7-12(16)14(11)19-13(17)18-8-9-20-10-4-2-1-3-5-10/h1-5H,6-9H2. The Bertz CT molecular complexity index is 489. The first-order valence-electron chi connectivity index (χ1n) is 6.05. The fraction of sp³-hybridized carbons (Fsp3) is 0.308. The molecule has 0 saturated carbocycles. The minimum Gasteiger partial charge on any atom is -0.432 e. The molecular formula is C13H13NO5S. The zero-order valence-electron chi connectivity index (χ0n) is 10.6. The molecule has 20 heavy (non-hydrogen) atoms. The van der Waals surface area contributed by atoms with Crippen molar-refractivity contribution in [2.45, 2.75) is 17.7 Å². The number of thioether (sulfide) groups is 1. The molecule has 1 aromatic carbocycles. The lowest BCUT2D eigenvalue weighted by atomic mass is 10.4. The van der Waals surface area contributed by atoms with Crippen LogP contribution < -0.4 is 0 Å². The third-order valence-electron chi connectivity index (χ3n) is 2.49. The number of nitrogens with zero attached hydrogens (tertiary/aromatic N) is 1. The van der Waals surface area contributed by atoms with Crippen molar-refractivity contribution in [1.29, 1.82) is 0 Å². The van der Waals surface area contributed by atoms with Crippen LogP contribution in [0.2, 0.25) is 0 Å². The number of hydrogen-bond acceptors (Lipinski definition) is 6. The van der Waals surface area contributed by atoms with E-state index in [1.54, 1.807) is 0 Å². The second kappa shape index (κ2) is 6.95. The minimum atomic E-state index is -1.04. The van der Waals surface area contributed by atoms with Crippen LogP contribution in [0.4, 0.5) is 4.79 Å². The number of carbonyl (C=O) groups is 3. The van der Waals surface area contributed by atoms with Gasteiger partial charge >= 0.3 is 6.16 Å². The van der Waals surface area contributed by atoms with Crippen molar-refractivity contribution in [2.24, 2.45) is 0 Å². The molecule has 1 saturated heterocycles. The van der Waals surface area contributed by atoms with Crippen LogP contribution in [0.25, 0.3) is 0 Å². The first-order chi connectivity index (χ1) is 9.66. The van der Waals surface area contributed by atoms with Gasteiger partial charge in [0.25, 0.3) is 11.8 Å². The monoisotopic (exact) mass is 295 g/mol. The number of carbonyl (C=O) groups excluding carboxylic acids is 3. The molecule has 1 aliphatic heterocycles. The van der Waals surface area contributed by atoms with E-state index in [2.05, 4.69) is 4.84 Å². The second-order valence-corrected chi connectivity index (χ2v) is 5.10. The fourth-order valence-corrected chi connectivity index (χ4v) is 2.31. The van der Waals surface area contributed by atoms with Gasteiger partial charge in [-0.1, -0.05) is 23.3 Å². The van der Waals surface area contributed by atoms with Crippen LogP contribution in [0, 0.1) is 0 Å². The van der Waals surface area contributed by atoms with Crippen LogP contribution >= 0.6 is 11.8 Å². The van der Waals surface area contributed by atoms with E-state index in [1.807, 2.05) is 30.3 Å². The zero-order valence-corrected chi connectivity index (χ0v) is 11.4. The predicted octanol–water partition coefficient (Wildman–Crippen LogP) is 2.00. The summed E-state index contributed by atoms with van der Waals surface area (Å²) in [5.74, 6) is -0.489. The Balaban J connectivity index is 1.65. The average Bonchev–Trinajstić information content (AvgIpc) is 2.77. The summed E-state index contributed by atoms with van der Waals surface area (Å²) in [6.45, 7) is 0.134. The summed E-state index contributed by atoms with van der Waals surface area (Å²) >= 11 is 1.53. The van der Waals surface area contributed by atoms with E-state index in [1.165, 1.54) is 11.8 Å². The van der Waals surface area contributed by atoms with E-state index < -0.39 is 18.0 Å². The Morgan fingerprint density at radius 3 is 2.45 bits per heavy atom. The Labute approximate surface area is 120 Å². The third kappa shape index (κ3) is 3.99. The highest BCUT2D eigenvalue weighted by Gasteiger charge is 2.33. The van der Waals surface area contributed by atoms with Crippen molar-refractivity contribution in [3.05, 3.63) is 30.3 Å². The van der Waals surface area contributed by atoms with Crippen LogP contribution in [0.1, 0.15) is 12.8 Å². The summed E-state index contributed by atoms with van der Waals surface area (Å²) in [6.07, 6.45) is -0.909. The molecule has 0 spiro atoms. The lowest BCUT2D eigenvalue weighted by Crippen LogP contribution is -2.32. The number of imide groups is 1. The first kappa shape index (κ1) is 14.4. The van der Waals surface area contributed by atoms with E-state index in [-0.39, 0.29) is 19.4 Å². The van der Waals surface area contributed by atoms with Gasteiger partial charge in [0.05, 0.1) is 0 Å². The number of benzene rings is 1. The third-order valence-corrected chi connectivity index (χ3v) is 3.46. The van der Waals surface area contributed by atoms with Gasteiger partial charge in [-0.05, 0) is 12.1 Å². The SMILES string of the molecule is O=C(OCCSc1ccccc1)ON1C(=O)CCC1=O. The van der Waals surface area contributed by atoms with E-state index in [0.29, 0.717) is 10.8 Å². The molecule has 1 aromatic rings. The molecule has 0 N–H and O–H groups in total. The maximum Gasteiger partial charge on any atom is 0.533 e. The number of rotatable bonds is 5. The normalized spacial score (nSPS) is 14.5. The highest BCUT2D eigenvalue weighted by molar-refractivity contribution is 7.99.